The summed E-state index contributed by atoms with van der Waals surface area (Å²) >= 11 is 0. The number of aromatic nitrogens is 4. The van der Waals surface area contributed by atoms with Crippen LogP contribution < -0.4 is 16.0 Å². The Kier molecular flexibility index (Phi) is 6.00. The highest BCUT2D eigenvalue weighted by molar-refractivity contribution is 6.06. The highest BCUT2D eigenvalue weighted by Gasteiger charge is 2.20. The van der Waals surface area contributed by atoms with Crippen LogP contribution in [-0.2, 0) is 7.05 Å². The zero-order valence-electron chi connectivity index (χ0n) is 17.6. The van der Waals surface area contributed by atoms with Crippen LogP contribution in [0.15, 0.2) is 47.3 Å². The average molecular weight is 454 g/mol. The van der Waals surface area contributed by atoms with Crippen molar-refractivity contribution < 1.29 is 9.21 Å². The molecule has 4 aromatic rings. The molecule has 0 bridgehead atoms. The summed E-state index contributed by atoms with van der Waals surface area (Å²) in [6.07, 6.45) is 8.36. The van der Waals surface area contributed by atoms with Gasteiger partial charge in [-0.2, -0.15) is 5.10 Å². The van der Waals surface area contributed by atoms with Crippen LogP contribution in [-0.4, -0.2) is 38.7 Å². The van der Waals surface area contributed by atoms with Gasteiger partial charge >= 0.3 is 0 Å². The van der Waals surface area contributed by atoms with Gasteiger partial charge in [-0.15, -0.1) is 12.4 Å². The number of carbonyl (C=O) groups excluding carboxylic acids is 1. The number of hydrogen-bond acceptors (Lipinski definition) is 7. The van der Waals surface area contributed by atoms with Crippen molar-refractivity contribution >= 4 is 46.4 Å². The molecule has 3 N–H and O–H groups in total. The second kappa shape index (κ2) is 8.88. The number of benzene rings is 1. The highest BCUT2D eigenvalue weighted by Crippen LogP contribution is 2.33. The van der Waals surface area contributed by atoms with Gasteiger partial charge in [0, 0.05) is 43.5 Å². The smallest absolute Gasteiger partial charge is 0.277 e. The first-order valence-electron chi connectivity index (χ1n) is 10.3. The van der Waals surface area contributed by atoms with Gasteiger partial charge in [-0.25, -0.2) is 9.97 Å². The minimum Gasteiger partial charge on any atom is -0.444 e. The normalized spacial score (nSPS) is 13.7. The molecule has 1 amide bonds. The molecule has 1 fully saturated rings. The van der Waals surface area contributed by atoms with Crippen LogP contribution in [0.5, 0.6) is 0 Å². The Labute approximate surface area is 191 Å². The fraction of sp³-hybridized carbons (Fsp3) is 0.273. The lowest BCUT2D eigenvalue weighted by Crippen LogP contribution is -2.30. The molecule has 0 unspecified atom stereocenters. The van der Waals surface area contributed by atoms with Crippen molar-refractivity contribution in [2.75, 3.05) is 29.0 Å². The number of anilines is 3. The number of aryl methyl sites for hydroxylation is 1. The number of nitrogens with zero attached hydrogens (tertiary/aromatic N) is 5. The molecular formula is C22H24ClN7O2. The van der Waals surface area contributed by atoms with Crippen LogP contribution in [0, 0.1) is 0 Å². The van der Waals surface area contributed by atoms with Gasteiger partial charge in [-0.05, 0) is 43.5 Å². The van der Waals surface area contributed by atoms with E-state index in [9.17, 15) is 4.79 Å². The monoisotopic (exact) mass is 453 g/mol. The van der Waals surface area contributed by atoms with Gasteiger partial charge < -0.3 is 20.4 Å². The number of nitrogen functional groups attached to an aromatic ring is 1. The number of pyridine rings is 1. The molecule has 0 aliphatic carbocycles. The van der Waals surface area contributed by atoms with E-state index in [1.807, 2.05) is 25.4 Å². The molecule has 1 aliphatic rings. The van der Waals surface area contributed by atoms with Crippen molar-refractivity contribution in [3.63, 3.8) is 0 Å². The quantitative estimate of drug-likeness (QED) is 0.481. The minimum atomic E-state index is -0.335. The number of rotatable bonds is 4. The number of nitrogens with one attached hydrogen (secondary N) is 1. The Morgan fingerprint density at radius 3 is 2.78 bits per heavy atom. The number of carbonyl (C=O) groups is 1. The van der Waals surface area contributed by atoms with Gasteiger partial charge in [0.05, 0.1) is 16.9 Å². The molecule has 0 spiro atoms. The van der Waals surface area contributed by atoms with Crippen LogP contribution in [0.4, 0.5) is 17.2 Å². The topological polar surface area (TPSA) is 115 Å². The van der Waals surface area contributed by atoms with Crippen molar-refractivity contribution in [3.8, 4) is 11.5 Å². The van der Waals surface area contributed by atoms with Crippen molar-refractivity contribution in [2.24, 2.45) is 7.05 Å². The van der Waals surface area contributed by atoms with Crippen LogP contribution in [0.3, 0.4) is 0 Å². The number of hydrogen-bond donors (Lipinski definition) is 2. The second-order valence-corrected chi connectivity index (χ2v) is 7.74. The van der Waals surface area contributed by atoms with Crippen molar-refractivity contribution in [2.45, 2.75) is 19.3 Å². The van der Waals surface area contributed by atoms with Crippen LogP contribution in [0.2, 0.25) is 0 Å². The Morgan fingerprint density at radius 1 is 1.19 bits per heavy atom. The molecule has 4 heterocycles. The number of amides is 1. The summed E-state index contributed by atoms with van der Waals surface area (Å²) in [5.41, 5.74) is 9.21. The predicted molar refractivity (Wildman–Crippen MR) is 126 cm³/mol. The first-order valence-corrected chi connectivity index (χ1v) is 10.3. The lowest BCUT2D eigenvalue weighted by atomic mass is 10.1. The van der Waals surface area contributed by atoms with E-state index < -0.39 is 0 Å². The van der Waals surface area contributed by atoms with Crippen LogP contribution in [0.1, 0.15) is 29.8 Å². The number of nitrogens with two attached hydrogens (primary N) is 1. The molecule has 3 aromatic heterocycles. The maximum Gasteiger partial charge on any atom is 0.277 e. The predicted octanol–water partition coefficient (Wildman–Crippen LogP) is 3.87. The molecular weight excluding hydrogens is 430 g/mol. The summed E-state index contributed by atoms with van der Waals surface area (Å²) in [6, 6.07) is 7.39. The zero-order valence-corrected chi connectivity index (χ0v) is 18.4. The number of fused-ring (bicyclic) bond motifs is 1. The third-order valence-corrected chi connectivity index (χ3v) is 5.45. The van der Waals surface area contributed by atoms with E-state index in [1.54, 1.807) is 23.0 Å². The summed E-state index contributed by atoms with van der Waals surface area (Å²) in [4.78, 5) is 23.6. The third kappa shape index (κ3) is 4.24. The van der Waals surface area contributed by atoms with E-state index >= 15 is 0 Å². The fourth-order valence-corrected chi connectivity index (χ4v) is 3.96. The maximum absolute atomic E-state index is 13.0. The summed E-state index contributed by atoms with van der Waals surface area (Å²) in [6.45, 7) is 1.91. The Hall–Kier alpha value is -3.59. The van der Waals surface area contributed by atoms with E-state index in [0.29, 0.717) is 17.3 Å². The molecule has 1 saturated heterocycles. The van der Waals surface area contributed by atoms with Gasteiger partial charge in [-0.1, -0.05) is 0 Å². The van der Waals surface area contributed by atoms with E-state index in [2.05, 4.69) is 25.3 Å². The molecule has 166 valence electrons. The molecule has 32 heavy (non-hydrogen) atoms. The number of piperidine rings is 1. The fourth-order valence-electron chi connectivity index (χ4n) is 3.96. The van der Waals surface area contributed by atoms with Gasteiger partial charge in [0.25, 0.3) is 5.91 Å². The van der Waals surface area contributed by atoms with Gasteiger partial charge in [0.2, 0.25) is 5.89 Å². The number of halogens is 1. The molecule has 1 aromatic carbocycles. The van der Waals surface area contributed by atoms with E-state index in [1.165, 1.54) is 12.7 Å². The van der Waals surface area contributed by atoms with Crippen LogP contribution in [0.25, 0.3) is 22.4 Å². The molecule has 10 heteroatoms. The van der Waals surface area contributed by atoms with Crippen molar-refractivity contribution in [1.82, 2.24) is 19.7 Å². The molecule has 0 radical (unpaired) electrons. The van der Waals surface area contributed by atoms with Gasteiger partial charge in [0.15, 0.2) is 5.69 Å². The zero-order chi connectivity index (χ0) is 21.4. The molecule has 0 saturated carbocycles. The van der Waals surface area contributed by atoms with Crippen molar-refractivity contribution in [3.05, 3.63) is 48.6 Å². The highest BCUT2D eigenvalue weighted by atomic mass is 35.5. The second-order valence-electron chi connectivity index (χ2n) is 7.74. The van der Waals surface area contributed by atoms with E-state index in [4.69, 9.17) is 10.2 Å². The summed E-state index contributed by atoms with van der Waals surface area (Å²) < 4.78 is 7.28. The molecule has 5 rings (SSSR count). The average Bonchev–Trinajstić information content (AvgIpc) is 3.40. The van der Waals surface area contributed by atoms with E-state index in [0.717, 1.165) is 48.2 Å². The molecule has 1 aliphatic heterocycles. The first-order chi connectivity index (χ1) is 15.1. The molecule has 0 atom stereocenters. The first kappa shape index (κ1) is 21.6. The Balaban J connectivity index is 0.00000245. The maximum atomic E-state index is 13.0. The standard InChI is InChI=1S/C22H23N7O2.ClH/c1-28-12-15-9-17(19(11-16(15)27-28)29-7-3-2-4-8-29)25-21(30)18-13-31-22(26-18)14-5-6-24-20(23)10-14;/h5-6,9-13H,2-4,7-8H2,1H3,(H2,23,24)(H,25,30);1H. The summed E-state index contributed by atoms with van der Waals surface area (Å²) in [7, 11) is 1.89. The minimum absolute atomic E-state index is 0. The Morgan fingerprint density at radius 2 is 2.00 bits per heavy atom. The van der Waals surface area contributed by atoms with Gasteiger partial charge in [0.1, 0.15) is 12.1 Å². The lowest BCUT2D eigenvalue weighted by molar-refractivity contribution is 0.102. The lowest BCUT2D eigenvalue weighted by Gasteiger charge is -2.30. The number of oxazole rings is 1. The molecule has 9 nitrogen and oxygen atoms in total. The van der Waals surface area contributed by atoms with Gasteiger partial charge in [-0.3, -0.25) is 9.48 Å². The summed E-state index contributed by atoms with van der Waals surface area (Å²) in [5.74, 6) is 0.342. The van der Waals surface area contributed by atoms with Crippen molar-refractivity contribution in [1.29, 1.82) is 0 Å². The summed E-state index contributed by atoms with van der Waals surface area (Å²) in [5, 5.41) is 8.51. The van der Waals surface area contributed by atoms with Crippen LogP contribution >= 0.6 is 12.4 Å². The largest absolute Gasteiger partial charge is 0.444 e. The van der Waals surface area contributed by atoms with E-state index in [-0.39, 0.29) is 24.0 Å². The Bertz CT molecular complexity index is 1260. The third-order valence-electron chi connectivity index (χ3n) is 5.45. The SMILES string of the molecule is Cl.Cn1cc2cc(NC(=O)c3coc(-c4ccnc(N)c4)n3)c(N3CCCCC3)cc2n1.